The molecule has 3 aromatic heterocycles. The van der Waals surface area contributed by atoms with Gasteiger partial charge in [0.05, 0.1) is 24.5 Å². The molecule has 112 valence electrons. The van der Waals surface area contributed by atoms with Gasteiger partial charge in [0, 0.05) is 36.5 Å². The van der Waals surface area contributed by atoms with E-state index in [1.807, 2.05) is 16.3 Å². The van der Waals surface area contributed by atoms with Crippen LogP contribution >= 0.6 is 11.3 Å². The molecule has 1 fully saturated rings. The first-order valence-corrected chi connectivity index (χ1v) is 7.96. The highest BCUT2D eigenvalue weighted by molar-refractivity contribution is 7.13. The summed E-state index contributed by atoms with van der Waals surface area (Å²) >= 11 is 1.54. The molecule has 1 aliphatic heterocycles. The lowest BCUT2D eigenvalue weighted by atomic mass is 10.1. The van der Waals surface area contributed by atoms with Gasteiger partial charge in [-0.25, -0.2) is 19.6 Å². The van der Waals surface area contributed by atoms with Crippen LogP contribution in [0.15, 0.2) is 30.0 Å². The summed E-state index contributed by atoms with van der Waals surface area (Å²) in [6, 6.07) is 1.79. The summed E-state index contributed by atoms with van der Waals surface area (Å²) < 4.78 is 7.21. The number of ether oxygens (including phenoxy) is 1. The standard InChI is InChI=1S/C14H14N6OS/c1-3-15-13(16-4-1)14-17-11(9-22-14)6-20-7-12(18-19-20)10-2-5-21-8-10/h1,3-4,7,9-10H,2,5-6,8H2/t10-/m1/s1. The molecule has 0 unspecified atom stereocenters. The largest absolute Gasteiger partial charge is 0.381 e. The van der Waals surface area contributed by atoms with E-state index in [0.29, 0.717) is 18.3 Å². The second kappa shape index (κ2) is 5.90. The predicted molar refractivity (Wildman–Crippen MR) is 80.4 cm³/mol. The summed E-state index contributed by atoms with van der Waals surface area (Å²) in [5.41, 5.74) is 1.94. The van der Waals surface area contributed by atoms with Crippen molar-refractivity contribution in [1.29, 1.82) is 0 Å². The fraction of sp³-hybridized carbons (Fsp3) is 0.357. The average molecular weight is 314 g/mol. The van der Waals surface area contributed by atoms with Gasteiger partial charge in [-0.3, -0.25) is 0 Å². The van der Waals surface area contributed by atoms with Crippen LogP contribution in [-0.2, 0) is 11.3 Å². The monoisotopic (exact) mass is 314 g/mol. The number of aromatic nitrogens is 6. The Morgan fingerprint density at radius 1 is 1.32 bits per heavy atom. The third-order valence-electron chi connectivity index (χ3n) is 3.54. The Balaban J connectivity index is 1.48. The summed E-state index contributed by atoms with van der Waals surface area (Å²) in [5, 5.41) is 11.3. The highest BCUT2D eigenvalue weighted by Gasteiger charge is 2.20. The molecule has 0 aliphatic carbocycles. The lowest BCUT2D eigenvalue weighted by molar-refractivity contribution is 0.193. The molecular weight excluding hydrogens is 300 g/mol. The van der Waals surface area contributed by atoms with Crippen LogP contribution in [0.4, 0.5) is 0 Å². The van der Waals surface area contributed by atoms with Crippen molar-refractivity contribution in [2.45, 2.75) is 18.9 Å². The topological polar surface area (TPSA) is 78.6 Å². The van der Waals surface area contributed by atoms with Gasteiger partial charge in [0.15, 0.2) is 10.8 Å². The molecule has 0 radical (unpaired) electrons. The molecule has 8 heteroatoms. The summed E-state index contributed by atoms with van der Waals surface area (Å²) in [4.78, 5) is 13.0. The average Bonchev–Trinajstić information content (AvgIpc) is 3.30. The van der Waals surface area contributed by atoms with Crippen molar-refractivity contribution < 1.29 is 4.74 Å². The Morgan fingerprint density at radius 3 is 3.05 bits per heavy atom. The molecular formula is C14H14N6OS. The second-order valence-electron chi connectivity index (χ2n) is 5.12. The maximum atomic E-state index is 5.39. The molecule has 7 nitrogen and oxygen atoms in total. The SMILES string of the molecule is c1cnc(-c2nc(Cn3cc([C@@H]4CCOC4)nn3)cs2)nc1. The van der Waals surface area contributed by atoms with Gasteiger partial charge < -0.3 is 4.74 Å². The van der Waals surface area contributed by atoms with E-state index in [-0.39, 0.29) is 0 Å². The number of nitrogens with zero attached hydrogens (tertiary/aromatic N) is 6. The Morgan fingerprint density at radius 2 is 2.23 bits per heavy atom. The van der Waals surface area contributed by atoms with Gasteiger partial charge in [-0.15, -0.1) is 16.4 Å². The third-order valence-corrected chi connectivity index (χ3v) is 4.42. The normalized spacial score (nSPS) is 17.9. The molecule has 4 rings (SSSR count). The van der Waals surface area contributed by atoms with E-state index in [1.54, 1.807) is 18.5 Å². The number of hydrogen-bond donors (Lipinski definition) is 0. The molecule has 0 amide bonds. The van der Waals surface area contributed by atoms with Crippen LogP contribution < -0.4 is 0 Å². The maximum absolute atomic E-state index is 5.39. The van der Waals surface area contributed by atoms with Gasteiger partial charge in [-0.1, -0.05) is 5.21 Å². The number of rotatable bonds is 4. The summed E-state index contributed by atoms with van der Waals surface area (Å²) in [6.45, 7) is 2.15. The third kappa shape index (κ3) is 2.75. The van der Waals surface area contributed by atoms with E-state index in [9.17, 15) is 0 Å². The Bertz CT molecular complexity index is 750. The molecule has 1 aliphatic rings. The first kappa shape index (κ1) is 13.5. The van der Waals surface area contributed by atoms with Crippen LogP contribution in [0.2, 0.25) is 0 Å². The highest BCUT2D eigenvalue weighted by atomic mass is 32.1. The molecule has 0 aromatic carbocycles. The molecule has 0 N–H and O–H groups in total. The molecule has 22 heavy (non-hydrogen) atoms. The predicted octanol–water partition coefficient (Wildman–Crippen LogP) is 1.74. The lowest BCUT2D eigenvalue weighted by Crippen LogP contribution is -2.01. The Labute approximate surface area is 131 Å². The van der Waals surface area contributed by atoms with Crippen LogP contribution in [0.3, 0.4) is 0 Å². The Kier molecular flexibility index (Phi) is 3.61. The van der Waals surface area contributed by atoms with Gasteiger partial charge in [0.25, 0.3) is 0 Å². The minimum Gasteiger partial charge on any atom is -0.381 e. The zero-order valence-corrected chi connectivity index (χ0v) is 12.6. The number of hydrogen-bond acceptors (Lipinski definition) is 7. The van der Waals surface area contributed by atoms with Crippen molar-refractivity contribution >= 4 is 11.3 Å². The fourth-order valence-corrected chi connectivity index (χ4v) is 3.16. The maximum Gasteiger partial charge on any atom is 0.188 e. The highest BCUT2D eigenvalue weighted by Crippen LogP contribution is 2.23. The first-order valence-electron chi connectivity index (χ1n) is 7.08. The molecule has 3 aromatic rings. The molecule has 0 saturated carbocycles. The van der Waals surface area contributed by atoms with Crippen molar-refractivity contribution in [3.63, 3.8) is 0 Å². The van der Waals surface area contributed by atoms with E-state index in [2.05, 4.69) is 25.3 Å². The van der Waals surface area contributed by atoms with Crippen molar-refractivity contribution in [1.82, 2.24) is 29.9 Å². The zero-order chi connectivity index (χ0) is 14.8. The lowest BCUT2D eigenvalue weighted by Gasteiger charge is -2.00. The molecule has 1 atom stereocenters. The fourth-order valence-electron chi connectivity index (χ4n) is 2.40. The van der Waals surface area contributed by atoms with Crippen LogP contribution in [-0.4, -0.2) is 43.2 Å². The second-order valence-corrected chi connectivity index (χ2v) is 5.98. The van der Waals surface area contributed by atoms with Crippen molar-refractivity contribution in [2.24, 2.45) is 0 Å². The Hall–Kier alpha value is -2.19. The van der Waals surface area contributed by atoms with Crippen LogP contribution in [0.1, 0.15) is 23.7 Å². The number of thiazole rings is 1. The van der Waals surface area contributed by atoms with Gasteiger partial charge >= 0.3 is 0 Å². The van der Waals surface area contributed by atoms with Gasteiger partial charge in [0.1, 0.15) is 0 Å². The van der Waals surface area contributed by atoms with Gasteiger partial charge in [0.2, 0.25) is 0 Å². The minimum atomic E-state index is 0.373. The van der Waals surface area contributed by atoms with E-state index in [0.717, 1.165) is 36.0 Å². The van der Waals surface area contributed by atoms with Crippen molar-refractivity contribution in [3.8, 4) is 10.8 Å². The summed E-state index contributed by atoms with van der Waals surface area (Å²) in [7, 11) is 0. The van der Waals surface area contributed by atoms with E-state index >= 15 is 0 Å². The summed E-state index contributed by atoms with van der Waals surface area (Å²) in [6.07, 6.45) is 6.44. The molecule has 1 saturated heterocycles. The first-order chi connectivity index (χ1) is 10.9. The van der Waals surface area contributed by atoms with Crippen LogP contribution in [0, 0.1) is 0 Å². The molecule has 0 bridgehead atoms. The molecule has 0 spiro atoms. The summed E-state index contributed by atoms with van der Waals surface area (Å²) in [5.74, 6) is 1.03. The van der Waals surface area contributed by atoms with E-state index in [1.165, 1.54) is 11.3 Å². The van der Waals surface area contributed by atoms with Crippen LogP contribution in [0.5, 0.6) is 0 Å². The quantitative estimate of drug-likeness (QED) is 0.730. The van der Waals surface area contributed by atoms with E-state index < -0.39 is 0 Å². The minimum absolute atomic E-state index is 0.373. The van der Waals surface area contributed by atoms with Crippen molar-refractivity contribution in [3.05, 3.63) is 41.4 Å². The van der Waals surface area contributed by atoms with Gasteiger partial charge in [-0.05, 0) is 12.5 Å². The van der Waals surface area contributed by atoms with Crippen molar-refractivity contribution in [2.75, 3.05) is 13.2 Å². The van der Waals surface area contributed by atoms with Gasteiger partial charge in [-0.2, -0.15) is 0 Å². The molecule has 4 heterocycles. The van der Waals surface area contributed by atoms with E-state index in [4.69, 9.17) is 4.74 Å². The van der Waals surface area contributed by atoms with Crippen LogP contribution in [0.25, 0.3) is 10.8 Å². The smallest absolute Gasteiger partial charge is 0.188 e. The zero-order valence-electron chi connectivity index (χ0n) is 11.8.